The molecule has 4 heterocycles. The van der Waals surface area contributed by atoms with Crippen LogP contribution in [0.25, 0.3) is 10.8 Å². The van der Waals surface area contributed by atoms with E-state index in [2.05, 4.69) is 15.3 Å². The molecule has 1 saturated heterocycles. The van der Waals surface area contributed by atoms with Crippen LogP contribution in [0.3, 0.4) is 0 Å². The summed E-state index contributed by atoms with van der Waals surface area (Å²) in [5.41, 5.74) is -0.293. The number of ketones is 1. The molecule has 344 valence electrons. The molecule has 1 aliphatic carbocycles. The van der Waals surface area contributed by atoms with Crippen molar-refractivity contribution in [3.05, 3.63) is 52.8 Å². The first-order valence-corrected chi connectivity index (χ1v) is 21.9. The van der Waals surface area contributed by atoms with Gasteiger partial charge in [0.2, 0.25) is 0 Å². The van der Waals surface area contributed by atoms with Gasteiger partial charge in [0, 0.05) is 93.4 Å². The number of phenolic OH excluding ortho intramolecular Hbond substituents is 3. The van der Waals surface area contributed by atoms with E-state index >= 15 is 0 Å². The number of fused-ring (bicyclic) bond motifs is 14. The zero-order chi connectivity index (χ0) is 46.1. The number of amides is 1. The van der Waals surface area contributed by atoms with Gasteiger partial charge in [-0.05, 0) is 32.8 Å². The van der Waals surface area contributed by atoms with Gasteiger partial charge in [-0.25, -0.2) is 0 Å². The van der Waals surface area contributed by atoms with Crippen LogP contribution in [0.4, 0.5) is 5.69 Å². The number of rotatable bonds is 5. The van der Waals surface area contributed by atoms with Crippen LogP contribution in [0.2, 0.25) is 0 Å². The lowest BCUT2D eigenvalue weighted by molar-refractivity contribution is -0.160. The van der Waals surface area contributed by atoms with E-state index in [1.54, 1.807) is 39.8 Å². The first-order chi connectivity index (χ1) is 29.8. The van der Waals surface area contributed by atoms with Crippen molar-refractivity contribution < 1.29 is 58.9 Å². The number of allylic oxidation sites excluding steroid dienone is 2. The lowest BCUT2D eigenvalue weighted by Gasteiger charge is -2.38. The number of hydrogen-bond acceptors (Lipinski definition) is 15. The molecule has 9 atom stereocenters. The van der Waals surface area contributed by atoms with Crippen molar-refractivity contribution in [2.75, 3.05) is 38.6 Å². The number of aliphatic hydroxyl groups excluding tert-OH is 2. The maximum absolute atomic E-state index is 14.5. The van der Waals surface area contributed by atoms with Crippen molar-refractivity contribution in [3.8, 4) is 23.0 Å². The summed E-state index contributed by atoms with van der Waals surface area (Å²) >= 11 is 0. The number of benzene rings is 2. The summed E-state index contributed by atoms with van der Waals surface area (Å²) < 4.78 is 23.7. The second kappa shape index (κ2) is 19.3. The van der Waals surface area contributed by atoms with Gasteiger partial charge in [-0.2, -0.15) is 5.10 Å². The number of nitrogens with zero attached hydrogens (tertiary/aromatic N) is 3. The van der Waals surface area contributed by atoms with E-state index in [-0.39, 0.29) is 44.5 Å². The molecule has 0 aromatic heterocycles. The number of esters is 1. The molecule has 1 saturated carbocycles. The Morgan fingerprint density at radius 3 is 2.22 bits per heavy atom. The van der Waals surface area contributed by atoms with E-state index < -0.39 is 88.8 Å². The largest absolute Gasteiger partial charge is 0.507 e. The number of aromatic hydroxyl groups is 3. The van der Waals surface area contributed by atoms with Crippen LogP contribution in [0.15, 0.2) is 41.2 Å². The molecule has 16 nitrogen and oxygen atoms in total. The molecule has 0 radical (unpaired) electrons. The minimum absolute atomic E-state index is 0.0631. The van der Waals surface area contributed by atoms with Gasteiger partial charge >= 0.3 is 11.8 Å². The molecule has 16 heteroatoms. The standard InChI is InChI=1S/C47H64N4O12/c1-24-13-12-14-25(2)46(59)49-37-32(23-48-51-20-18-50(19-21-51)31-15-10-11-16-31)41(56)34-35(42(37)57)40(55)29(6)44-36(34)45(58)47(8,63-44)61-22-17-33(60-9)26(3)43(62-30(7)52)28(5)39(54)27(4)38(24)53/h12-14,17,22-24,26-28,31,33,38-39,43,53-57H,10-11,15-16,18-21H2,1-9H3,(H,49,59)/b13-12-,22-17-,25-14-,48-23?/t24-,26+,27-,28-,33+,38-,39-,43-,47-/m0/s1. The lowest BCUT2D eigenvalue weighted by Crippen LogP contribution is -2.47. The van der Waals surface area contributed by atoms with Crippen molar-refractivity contribution in [1.29, 1.82) is 0 Å². The highest BCUT2D eigenvalue weighted by Gasteiger charge is 2.50. The summed E-state index contributed by atoms with van der Waals surface area (Å²) in [4.78, 5) is 43.2. The maximum atomic E-state index is 14.5. The van der Waals surface area contributed by atoms with Gasteiger partial charge in [-0.3, -0.25) is 24.3 Å². The molecule has 4 aliphatic heterocycles. The topological polar surface area (TPSA) is 220 Å². The molecular weight excluding hydrogens is 813 g/mol. The predicted molar refractivity (Wildman–Crippen MR) is 237 cm³/mol. The summed E-state index contributed by atoms with van der Waals surface area (Å²) in [7, 11) is 1.44. The molecular formula is C47H64N4O12. The molecule has 6 N–H and O–H groups in total. The van der Waals surface area contributed by atoms with Crippen LogP contribution in [0.5, 0.6) is 23.0 Å². The van der Waals surface area contributed by atoms with Crippen LogP contribution < -0.4 is 10.1 Å². The lowest BCUT2D eigenvalue weighted by atomic mass is 9.78. The monoisotopic (exact) mass is 876 g/mol. The van der Waals surface area contributed by atoms with E-state index in [1.807, 2.05) is 5.01 Å². The number of nitrogens with one attached hydrogen (secondary N) is 1. The highest BCUT2D eigenvalue weighted by atomic mass is 16.7. The Bertz CT molecular complexity index is 2190. The summed E-state index contributed by atoms with van der Waals surface area (Å²) in [6.45, 7) is 15.4. The van der Waals surface area contributed by atoms with Gasteiger partial charge in [0.25, 0.3) is 11.7 Å². The number of hydrazone groups is 1. The molecule has 2 aromatic carbocycles. The maximum Gasteiger partial charge on any atom is 0.312 e. The first-order valence-electron chi connectivity index (χ1n) is 21.9. The normalized spacial score (nSPS) is 32.4. The third-order valence-electron chi connectivity index (χ3n) is 13.5. The number of anilines is 1. The van der Waals surface area contributed by atoms with Crippen LogP contribution >= 0.6 is 0 Å². The average Bonchev–Trinajstić information content (AvgIpc) is 3.89. The Morgan fingerprint density at radius 2 is 1.59 bits per heavy atom. The van der Waals surface area contributed by atoms with E-state index in [1.165, 1.54) is 85.1 Å². The Kier molecular flexibility index (Phi) is 14.5. The number of carbonyl (C=O) groups excluding carboxylic acids is 3. The SMILES string of the molecule is CO[C@@H]1/C=C\O[C@@]2(C)Oc3c(C)c(O)c4c(O)c(c(C=NN5CCN(C6CCCC6)CC5)c(O)c4c3C2=O)NC(=O)/C(C)=C\C=C/[C@H](C)[C@H](O)[C@H](C)[C@H](O)[C@H](C)[C@@H](OC(C)=O)[C@@H]1C. The van der Waals surface area contributed by atoms with E-state index in [9.17, 15) is 39.9 Å². The summed E-state index contributed by atoms with van der Waals surface area (Å²) in [5, 5.41) is 67.6. The second-order valence-electron chi connectivity index (χ2n) is 17.8. The number of aliphatic hydroxyl groups is 2. The van der Waals surface area contributed by atoms with Gasteiger partial charge in [0.15, 0.2) is 5.75 Å². The number of piperazine rings is 1. The minimum Gasteiger partial charge on any atom is -0.507 e. The quantitative estimate of drug-likeness (QED) is 0.0926. The van der Waals surface area contributed by atoms with Gasteiger partial charge in [0.05, 0.1) is 53.0 Å². The van der Waals surface area contributed by atoms with Gasteiger partial charge in [-0.1, -0.05) is 58.8 Å². The molecule has 0 spiro atoms. The minimum atomic E-state index is -2.04. The summed E-state index contributed by atoms with van der Waals surface area (Å²) in [6, 6.07) is 0.553. The van der Waals surface area contributed by atoms with Crippen molar-refractivity contribution in [2.24, 2.45) is 28.8 Å². The summed E-state index contributed by atoms with van der Waals surface area (Å²) in [5.74, 6) is -8.28. The van der Waals surface area contributed by atoms with E-state index in [0.717, 1.165) is 13.1 Å². The highest BCUT2D eigenvalue weighted by molar-refractivity contribution is 6.23. The fourth-order valence-electron chi connectivity index (χ4n) is 9.47. The van der Waals surface area contributed by atoms with Crippen molar-refractivity contribution >= 4 is 40.3 Å². The smallest absolute Gasteiger partial charge is 0.312 e. The third-order valence-corrected chi connectivity index (χ3v) is 13.5. The van der Waals surface area contributed by atoms with E-state index in [0.29, 0.717) is 19.1 Å². The highest BCUT2D eigenvalue weighted by Crippen LogP contribution is 2.55. The molecule has 5 bridgehead atoms. The molecule has 0 unspecified atom stereocenters. The van der Waals surface area contributed by atoms with Crippen LogP contribution in [-0.2, 0) is 23.8 Å². The van der Waals surface area contributed by atoms with Gasteiger partial charge in [0.1, 0.15) is 23.4 Å². The Hall–Kier alpha value is -5.16. The number of ether oxygens (including phenoxy) is 4. The predicted octanol–water partition coefficient (Wildman–Crippen LogP) is 5.65. The number of phenols is 3. The molecule has 2 aromatic rings. The molecule has 1 amide bonds. The van der Waals surface area contributed by atoms with Crippen molar-refractivity contribution in [3.63, 3.8) is 0 Å². The molecule has 2 fully saturated rings. The fourth-order valence-corrected chi connectivity index (χ4v) is 9.47. The number of carbonyl (C=O) groups is 3. The molecule has 63 heavy (non-hydrogen) atoms. The number of hydrogen-bond donors (Lipinski definition) is 6. The second-order valence-corrected chi connectivity index (χ2v) is 17.8. The Morgan fingerprint density at radius 1 is 0.921 bits per heavy atom. The van der Waals surface area contributed by atoms with Gasteiger partial charge < -0.3 is 49.8 Å². The first kappa shape index (κ1) is 47.3. The number of Topliss-reactive ketones (excluding diaryl/α,β-unsaturated/α-hetero) is 1. The fraction of sp³-hybridized carbons (Fsp3) is 0.574. The number of methoxy groups -OCH3 is 1. The van der Waals surface area contributed by atoms with Gasteiger partial charge in [-0.15, -0.1) is 0 Å². The van der Waals surface area contributed by atoms with Crippen molar-refractivity contribution in [2.45, 2.75) is 117 Å². The van der Waals surface area contributed by atoms with Crippen LogP contribution in [0, 0.1) is 30.6 Å². The van der Waals surface area contributed by atoms with Crippen LogP contribution in [0.1, 0.15) is 95.6 Å². The molecule has 7 rings (SSSR count). The summed E-state index contributed by atoms with van der Waals surface area (Å²) in [6.07, 6.45) is 9.75. The zero-order valence-corrected chi connectivity index (χ0v) is 37.8. The molecule has 5 aliphatic rings. The third kappa shape index (κ3) is 9.40. The average molecular weight is 877 g/mol. The Balaban J connectivity index is 1.47. The Labute approximate surface area is 368 Å². The van der Waals surface area contributed by atoms with E-state index in [4.69, 9.17) is 18.9 Å². The van der Waals surface area contributed by atoms with Crippen molar-refractivity contribution in [1.82, 2.24) is 9.91 Å². The van der Waals surface area contributed by atoms with Crippen LogP contribution in [-0.4, -0.2) is 129 Å². The zero-order valence-electron chi connectivity index (χ0n) is 37.8.